The molecular formula is C10H16BrN3. The van der Waals surface area contributed by atoms with Crippen molar-refractivity contribution in [1.29, 1.82) is 0 Å². The molecular weight excluding hydrogens is 242 g/mol. The summed E-state index contributed by atoms with van der Waals surface area (Å²) >= 11 is 3.44. The first-order valence-corrected chi connectivity index (χ1v) is 6.38. The summed E-state index contributed by atoms with van der Waals surface area (Å²) in [7, 11) is 0. The lowest BCUT2D eigenvalue weighted by molar-refractivity contribution is 0.564. The molecule has 1 atom stereocenters. The van der Waals surface area contributed by atoms with Crippen LogP contribution in [-0.4, -0.2) is 14.8 Å². The van der Waals surface area contributed by atoms with Crippen molar-refractivity contribution in [3.05, 3.63) is 11.6 Å². The van der Waals surface area contributed by atoms with Crippen molar-refractivity contribution in [2.24, 2.45) is 5.92 Å². The molecule has 0 saturated heterocycles. The molecule has 0 amide bonds. The van der Waals surface area contributed by atoms with Crippen LogP contribution >= 0.6 is 15.9 Å². The van der Waals surface area contributed by atoms with Crippen LogP contribution in [0.1, 0.15) is 44.3 Å². The molecule has 1 aliphatic carbocycles. The van der Waals surface area contributed by atoms with Gasteiger partial charge in [-0.15, -0.1) is 10.2 Å². The number of aromatic nitrogens is 3. The van der Waals surface area contributed by atoms with Crippen LogP contribution in [0.3, 0.4) is 0 Å². The quantitative estimate of drug-likeness (QED) is 0.777. The van der Waals surface area contributed by atoms with Gasteiger partial charge in [-0.25, -0.2) is 0 Å². The Balaban J connectivity index is 2.26. The van der Waals surface area contributed by atoms with Gasteiger partial charge in [0.2, 0.25) is 0 Å². The standard InChI is InChI=1S/C10H16BrN3/c1-3-14-9(6-11)12-13-10(14)7(2)8-4-5-8/h7-8H,3-6H2,1-2H3. The van der Waals surface area contributed by atoms with E-state index in [4.69, 9.17) is 0 Å². The van der Waals surface area contributed by atoms with E-state index in [9.17, 15) is 0 Å². The maximum atomic E-state index is 4.30. The minimum Gasteiger partial charge on any atom is -0.314 e. The highest BCUT2D eigenvalue weighted by Crippen LogP contribution is 2.41. The van der Waals surface area contributed by atoms with Crippen LogP contribution in [0.2, 0.25) is 0 Å². The van der Waals surface area contributed by atoms with Crippen LogP contribution in [0.15, 0.2) is 0 Å². The van der Waals surface area contributed by atoms with Gasteiger partial charge >= 0.3 is 0 Å². The van der Waals surface area contributed by atoms with Crippen molar-refractivity contribution in [2.45, 2.75) is 44.5 Å². The summed E-state index contributed by atoms with van der Waals surface area (Å²) in [5.74, 6) is 3.65. The summed E-state index contributed by atoms with van der Waals surface area (Å²) in [4.78, 5) is 0. The summed E-state index contributed by atoms with van der Waals surface area (Å²) in [6, 6.07) is 0. The second-order valence-electron chi connectivity index (χ2n) is 3.98. The Labute approximate surface area is 93.0 Å². The molecule has 1 unspecified atom stereocenters. The van der Waals surface area contributed by atoms with E-state index in [2.05, 4.69) is 44.5 Å². The van der Waals surface area contributed by atoms with Crippen molar-refractivity contribution >= 4 is 15.9 Å². The molecule has 0 N–H and O–H groups in total. The lowest BCUT2D eigenvalue weighted by Crippen LogP contribution is -2.09. The normalized spacial score (nSPS) is 18.5. The largest absolute Gasteiger partial charge is 0.314 e. The number of hydrogen-bond acceptors (Lipinski definition) is 2. The molecule has 0 radical (unpaired) electrons. The van der Waals surface area contributed by atoms with Gasteiger partial charge in [-0.05, 0) is 25.7 Å². The number of halogens is 1. The lowest BCUT2D eigenvalue weighted by Gasteiger charge is -2.11. The molecule has 2 rings (SSSR count). The average molecular weight is 258 g/mol. The zero-order valence-corrected chi connectivity index (χ0v) is 10.3. The minimum atomic E-state index is 0.579. The fourth-order valence-corrected chi connectivity index (χ4v) is 2.35. The predicted octanol–water partition coefficient (Wildman–Crippen LogP) is 2.71. The van der Waals surface area contributed by atoms with Crippen molar-refractivity contribution in [3.8, 4) is 0 Å². The second kappa shape index (κ2) is 4.01. The minimum absolute atomic E-state index is 0.579. The fourth-order valence-electron chi connectivity index (χ4n) is 1.94. The van der Waals surface area contributed by atoms with Gasteiger partial charge in [-0.2, -0.15) is 0 Å². The lowest BCUT2D eigenvalue weighted by atomic mass is 10.1. The van der Waals surface area contributed by atoms with E-state index in [-0.39, 0.29) is 0 Å². The molecule has 3 nitrogen and oxygen atoms in total. The maximum Gasteiger partial charge on any atom is 0.143 e. The van der Waals surface area contributed by atoms with Gasteiger partial charge < -0.3 is 4.57 Å². The molecule has 0 aliphatic heterocycles. The van der Waals surface area contributed by atoms with Crippen LogP contribution in [-0.2, 0) is 11.9 Å². The topological polar surface area (TPSA) is 30.7 Å². The Morgan fingerprint density at radius 1 is 1.50 bits per heavy atom. The molecule has 1 fully saturated rings. The highest BCUT2D eigenvalue weighted by Gasteiger charge is 2.32. The van der Waals surface area contributed by atoms with E-state index in [0.29, 0.717) is 5.92 Å². The molecule has 1 aromatic heterocycles. The van der Waals surface area contributed by atoms with Crippen molar-refractivity contribution < 1.29 is 0 Å². The van der Waals surface area contributed by atoms with Gasteiger partial charge in [-0.1, -0.05) is 22.9 Å². The van der Waals surface area contributed by atoms with Crippen LogP contribution in [0.5, 0.6) is 0 Å². The Morgan fingerprint density at radius 2 is 2.21 bits per heavy atom. The summed E-state index contributed by atoms with van der Waals surface area (Å²) in [6.07, 6.45) is 2.72. The summed E-state index contributed by atoms with van der Waals surface area (Å²) in [5, 5.41) is 9.30. The van der Waals surface area contributed by atoms with Gasteiger partial charge in [0.15, 0.2) is 0 Å². The van der Waals surface area contributed by atoms with E-state index in [1.807, 2.05) is 0 Å². The van der Waals surface area contributed by atoms with Crippen LogP contribution in [0.4, 0.5) is 0 Å². The van der Waals surface area contributed by atoms with Crippen molar-refractivity contribution in [3.63, 3.8) is 0 Å². The van der Waals surface area contributed by atoms with E-state index >= 15 is 0 Å². The summed E-state index contributed by atoms with van der Waals surface area (Å²) < 4.78 is 2.23. The van der Waals surface area contributed by atoms with Gasteiger partial charge in [-0.3, -0.25) is 0 Å². The molecule has 0 bridgehead atoms. The molecule has 1 heterocycles. The number of alkyl halides is 1. The zero-order valence-electron chi connectivity index (χ0n) is 8.70. The maximum absolute atomic E-state index is 4.30. The van der Waals surface area contributed by atoms with Crippen molar-refractivity contribution in [2.75, 3.05) is 0 Å². The third-order valence-corrected chi connectivity index (χ3v) is 3.53. The second-order valence-corrected chi connectivity index (χ2v) is 4.54. The van der Waals surface area contributed by atoms with Gasteiger partial charge in [0.25, 0.3) is 0 Å². The first kappa shape index (κ1) is 10.1. The first-order valence-electron chi connectivity index (χ1n) is 5.25. The summed E-state index contributed by atoms with van der Waals surface area (Å²) in [5.41, 5.74) is 0. The third-order valence-electron chi connectivity index (χ3n) is 3.03. The molecule has 1 aromatic rings. The Bertz CT molecular complexity index is 317. The highest BCUT2D eigenvalue weighted by atomic mass is 79.9. The molecule has 4 heteroatoms. The molecule has 1 aliphatic rings. The van der Waals surface area contributed by atoms with E-state index in [0.717, 1.165) is 23.6 Å². The smallest absolute Gasteiger partial charge is 0.143 e. The van der Waals surface area contributed by atoms with Crippen molar-refractivity contribution in [1.82, 2.24) is 14.8 Å². The van der Waals surface area contributed by atoms with Crippen LogP contribution in [0.25, 0.3) is 0 Å². The molecule has 78 valence electrons. The average Bonchev–Trinajstić information content (AvgIpc) is 2.96. The zero-order chi connectivity index (χ0) is 10.1. The van der Waals surface area contributed by atoms with Crippen LogP contribution in [0, 0.1) is 5.92 Å². The SMILES string of the molecule is CCn1c(CBr)nnc1C(C)C1CC1. The Kier molecular flexibility index (Phi) is 2.91. The van der Waals surface area contributed by atoms with E-state index in [1.165, 1.54) is 18.7 Å². The number of rotatable bonds is 4. The predicted molar refractivity (Wildman–Crippen MR) is 59.5 cm³/mol. The number of nitrogens with zero attached hydrogens (tertiary/aromatic N) is 3. The Hall–Kier alpha value is -0.380. The van der Waals surface area contributed by atoms with Gasteiger partial charge in [0.1, 0.15) is 11.6 Å². The summed E-state index contributed by atoms with van der Waals surface area (Å²) in [6.45, 7) is 5.39. The van der Waals surface area contributed by atoms with E-state index < -0.39 is 0 Å². The number of hydrogen-bond donors (Lipinski definition) is 0. The molecule has 1 saturated carbocycles. The van der Waals surface area contributed by atoms with E-state index in [1.54, 1.807) is 0 Å². The van der Waals surface area contributed by atoms with Gasteiger partial charge in [0, 0.05) is 12.5 Å². The van der Waals surface area contributed by atoms with Gasteiger partial charge in [0.05, 0.1) is 5.33 Å². The highest BCUT2D eigenvalue weighted by molar-refractivity contribution is 9.08. The monoisotopic (exact) mass is 257 g/mol. The molecule has 0 spiro atoms. The van der Waals surface area contributed by atoms with Crippen LogP contribution < -0.4 is 0 Å². The fraction of sp³-hybridized carbons (Fsp3) is 0.800. The third kappa shape index (κ3) is 1.72. The first-order chi connectivity index (χ1) is 6.77. The Morgan fingerprint density at radius 3 is 2.71 bits per heavy atom. The molecule has 0 aromatic carbocycles. The molecule has 14 heavy (non-hydrogen) atoms.